The third kappa shape index (κ3) is 4.71. The van der Waals surface area contributed by atoms with E-state index in [9.17, 15) is 5.11 Å². The zero-order chi connectivity index (χ0) is 13.5. The molecule has 3 N–H and O–H groups in total. The van der Waals surface area contributed by atoms with Gasteiger partial charge in [0.25, 0.3) is 0 Å². The van der Waals surface area contributed by atoms with E-state index in [4.69, 9.17) is 5.73 Å². The summed E-state index contributed by atoms with van der Waals surface area (Å²) in [4.78, 5) is 0. The molecule has 18 heavy (non-hydrogen) atoms. The van der Waals surface area contributed by atoms with Crippen molar-refractivity contribution in [2.75, 3.05) is 0 Å². The summed E-state index contributed by atoms with van der Waals surface area (Å²) >= 11 is 3.58. The van der Waals surface area contributed by atoms with Crippen LogP contribution < -0.4 is 5.73 Å². The Balaban J connectivity index is 2.50. The Hall–Kier alpha value is -0.380. The van der Waals surface area contributed by atoms with Crippen LogP contribution in [-0.2, 0) is 12.8 Å². The minimum Gasteiger partial charge on any atom is -0.392 e. The maximum atomic E-state index is 9.94. The fourth-order valence-electron chi connectivity index (χ4n) is 2.09. The highest BCUT2D eigenvalue weighted by Crippen LogP contribution is 2.20. The Kier molecular flexibility index (Phi) is 6.90. The number of aliphatic hydroxyl groups excluding tert-OH is 1. The van der Waals surface area contributed by atoms with E-state index in [-0.39, 0.29) is 6.04 Å². The van der Waals surface area contributed by atoms with Gasteiger partial charge in [-0.15, -0.1) is 0 Å². The molecule has 0 aromatic heterocycles. The van der Waals surface area contributed by atoms with E-state index in [2.05, 4.69) is 48.0 Å². The van der Waals surface area contributed by atoms with Crippen LogP contribution in [0, 0.1) is 0 Å². The summed E-state index contributed by atoms with van der Waals surface area (Å²) in [5.74, 6) is 0. The van der Waals surface area contributed by atoms with Crippen molar-refractivity contribution in [2.45, 2.75) is 58.1 Å². The molecule has 0 radical (unpaired) electrons. The number of hydrogen-bond donors (Lipinski definition) is 2. The lowest BCUT2D eigenvalue weighted by atomic mass is 9.99. The van der Waals surface area contributed by atoms with Gasteiger partial charge in [-0.3, -0.25) is 0 Å². The number of benzene rings is 1. The molecule has 0 bridgehead atoms. The Morgan fingerprint density at radius 1 is 1.28 bits per heavy atom. The fraction of sp³-hybridized carbons (Fsp3) is 0.600. The number of halogens is 1. The van der Waals surface area contributed by atoms with Gasteiger partial charge in [-0.05, 0) is 42.9 Å². The summed E-state index contributed by atoms with van der Waals surface area (Å²) in [5, 5.41) is 9.94. The van der Waals surface area contributed by atoms with Crippen molar-refractivity contribution in [1.29, 1.82) is 0 Å². The summed E-state index contributed by atoms with van der Waals surface area (Å²) in [6, 6.07) is 6.35. The predicted molar refractivity (Wildman–Crippen MR) is 80.7 cm³/mol. The first-order chi connectivity index (χ1) is 8.58. The van der Waals surface area contributed by atoms with Crippen LogP contribution in [-0.4, -0.2) is 17.3 Å². The van der Waals surface area contributed by atoms with Crippen molar-refractivity contribution >= 4 is 15.9 Å². The molecule has 0 spiro atoms. The largest absolute Gasteiger partial charge is 0.392 e. The standard InChI is InChI=1S/C15H24BrNO/c1-3-5-14(17)15(18)9-7-11-6-8-12(4-2)13(16)10-11/h6,8,10,14-15,18H,3-5,7,9,17H2,1-2H3. The topological polar surface area (TPSA) is 46.2 Å². The van der Waals surface area contributed by atoms with Crippen molar-refractivity contribution in [1.82, 2.24) is 0 Å². The summed E-state index contributed by atoms with van der Waals surface area (Å²) in [5.41, 5.74) is 8.48. The van der Waals surface area contributed by atoms with Crippen LogP contribution in [0.1, 0.15) is 44.2 Å². The molecule has 0 aliphatic rings. The van der Waals surface area contributed by atoms with Gasteiger partial charge in [0.05, 0.1) is 6.10 Å². The van der Waals surface area contributed by atoms with Crippen molar-refractivity contribution in [3.05, 3.63) is 33.8 Å². The summed E-state index contributed by atoms with van der Waals surface area (Å²) in [6.07, 6.45) is 4.16. The molecule has 0 saturated carbocycles. The Bertz CT molecular complexity index is 368. The monoisotopic (exact) mass is 313 g/mol. The average Bonchev–Trinajstić information content (AvgIpc) is 2.36. The van der Waals surface area contributed by atoms with Crippen molar-refractivity contribution in [3.63, 3.8) is 0 Å². The van der Waals surface area contributed by atoms with E-state index in [1.165, 1.54) is 11.1 Å². The Labute approximate surface area is 119 Å². The van der Waals surface area contributed by atoms with Crippen LogP contribution >= 0.6 is 15.9 Å². The normalized spacial score (nSPS) is 14.5. The summed E-state index contributed by atoms with van der Waals surface area (Å²) in [7, 11) is 0. The zero-order valence-corrected chi connectivity index (χ0v) is 12.9. The lowest BCUT2D eigenvalue weighted by molar-refractivity contribution is 0.131. The first-order valence-corrected chi connectivity index (χ1v) is 7.58. The van der Waals surface area contributed by atoms with Gasteiger partial charge in [0.2, 0.25) is 0 Å². The lowest BCUT2D eigenvalue weighted by Gasteiger charge is -2.18. The molecule has 1 aromatic carbocycles. The maximum absolute atomic E-state index is 9.94. The van der Waals surface area contributed by atoms with Crippen LogP contribution in [0.3, 0.4) is 0 Å². The molecule has 0 fully saturated rings. The third-order valence-corrected chi connectivity index (χ3v) is 4.08. The number of rotatable bonds is 7. The van der Waals surface area contributed by atoms with Gasteiger partial charge in [0.15, 0.2) is 0 Å². The molecular formula is C15H24BrNO. The van der Waals surface area contributed by atoms with Gasteiger partial charge < -0.3 is 10.8 Å². The minimum atomic E-state index is -0.394. The summed E-state index contributed by atoms with van der Waals surface area (Å²) < 4.78 is 1.16. The highest BCUT2D eigenvalue weighted by atomic mass is 79.9. The smallest absolute Gasteiger partial charge is 0.0694 e. The van der Waals surface area contributed by atoms with Gasteiger partial charge >= 0.3 is 0 Å². The highest BCUT2D eigenvalue weighted by Gasteiger charge is 2.13. The van der Waals surface area contributed by atoms with Crippen LogP contribution in [0.5, 0.6) is 0 Å². The second-order valence-corrected chi connectivity index (χ2v) is 5.69. The quantitative estimate of drug-likeness (QED) is 0.810. The molecule has 2 nitrogen and oxygen atoms in total. The Morgan fingerprint density at radius 3 is 2.56 bits per heavy atom. The van der Waals surface area contributed by atoms with E-state index in [1.54, 1.807) is 0 Å². The maximum Gasteiger partial charge on any atom is 0.0694 e. The average molecular weight is 314 g/mol. The molecule has 2 unspecified atom stereocenters. The number of aryl methyl sites for hydroxylation is 2. The fourth-order valence-corrected chi connectivity index (χ4v) is 2.79. The molecule has 0 heterocycles. The molecular weight excluding hydrogens is 290 g/mol. The van der Waals surface area contributed by atoms with E-state index in [1.807, 2.05) is 0 Å². The van der Waals surface area contributed by atoms with Gasteiger partial charge in [0.1, 0.15) is 0 Å². The van der Waals surface area contributed by atoms with Crippen LogP contribution in [0.4, 0.5) is 0 Å². The first-order valence-electron chi connectivity index (χ1n) is 6.79. The molecule has 0 amide bonds. The van der Waals surface area contributed by atoms with Crippen molar-refractivity contribution in [3.8, 4) is 0 Å². The molecule has 0 aliphatic carbocycles. The molecule has 102 valence electrons. The molecule has 1 rings (SSSR count). The molecule has 0 saturated heterocycles. The van der Waals surface area contributed by atoms with E-state index in [0.29, 0.717) is 0 Å². The molecule has 3 heteroatoms. The van der Waals surface area contributed by atoms with Gasteiger partial charge in [-0.25, -0.2) is 0 Å². The first kappa shape index (κ1) is 15.7. The summed E-state index contributed by atoms with van der Waals surface area (Å²) in [6.45, 7) is 4.24. The van der Waals surface area contributed by atoms with Crippen molar-refractivity contribution < 1.29 is 5.11 Å². The second-order valence-electron chi connectivity index (χ2n) is 4.84. The van der Waals surface area contributed by atoms with Crippen LogP contribution in [0.2, 0.25) is 0 Å². The SMILES string of the molecule is CCCC(N)C(O)CCc1ccc(CC)c(Br)c1. The zero-order valence-electron chi connectivity index (χ0n) is 11.3. The van der Waals surface area contributed by atoms with E-state index < -0.39 is 6.10 Å². The molecule has 2 atom stereocenters. The van der Waals surface area contributed by atoms with Crippen LogP contribution in [0.15, 0.2) is 22.7 Å². The second kappa shape index (κ2) is 7.93. The van der Waals surface area contributed by atoms with Gasteiger partial charge in [0, 0.05) is 10.5 Å². The molecule has 0 aliphatic heterocycles. The van der Waals surface area contributed by atoms with Crippen molar-refractivity contribution in [2.24, 2.45) is 5.73 Å². The third-order valence-electron chi connectivity index (χ3n) is 3.34. The van der Waals surface area contributed by atoms with Gasteiger partial charge in [-0.2, -0.15) is 0 Å². The molecule has 1 aromatic rings. The van der Waals surface area contributed by atoms with Gasteiger partial charge in [-0.1, -0.05) is 48.3 Å². The number of hydrogen-bond acceptors (Lipinski definition) is 2. The predicted octanol–water partition coefficient (Wildman–Crippen LogP) is 3.43. The van der Waals surface area contributed by atoms with Crippen LogP contribution in [0.25, 0.3) is 0 Å². The van der Waals surface area contributed by atoms with E-state index in [0.717, 1.165) is 36.6 Å². The number of aliphatic hydroxyl groups is 1. The minimum absolute atomic E-state index is 0.0895. The Morgan fingerprint density at radius 2 is 2.00 bits per heavy atom. The number of nitrogens with two attached hydrogens (primary N) is 1. The lowest BCUT2D eigenvalue weighted by Crippen LogP contribution is -2.34. The highest BCUT2D eigenvalue weighted by molar-refractivity contribution is 9.10. The van der Waals surface area contributed by atoms with E-state index >= 15 is 0 Å².